The minimum Gasteiger partial charge on any atom is -0.0864 e. The Kier molecular flexibility index (Phi) is 24.2. The minimum atomic E-state index is 1.32. The summed E-state index contributed by atoms with van der Waals surface area (Å²) in [6.45, 7) is 4.46. The Bertz CT molecular complexity index is 39.8. The molecule has 0 heterocycles. The highest BCUT2D eigenvalue weighted by Crippen LogP contribution is 1.96. The molecule has 0 aromatic carbocycles. The monoisotopic (exact) mass is 396 g/mol. The maximum absolute atomic E-state index is 2.41. The summed E-state index contributed by atoms with van der Waals surface area (Å²) in [6.07, 6.45) is 8.31. The molecule has 0 atom stereocenters. The predicted octanol–water partition coefficient (Wildman–Crippen LogP) is 5.22. The van der Waals surface area contributed by atoms with Gasteiger partial charge in [-0.15, -0.1) is 0 Å². The van der Waals surface area contributed by atoms with Gasteiger partial charge in [0, 0.05) is 0 Å². The zero-order valence-electron chi connectivity index (χ0n) is 8.41. The van der Waals surface area contributed by atoms with Crippen LogP contribution in [0.15, 0.2) is 0 Å². The molecule has 0 nitrogen and oxygen atoms in total. The summed E-state index contributed by atoms with van der Waals surface area (Å²) < 4.78 is 2.65. The van der Waals surface area contributed by atoms with Gasteiger partial charge in [-0.25, -0.2) is 0 Å². The van der Waals surface area contributed by atoms with Gasteiger partial charge in [0.05, 0.1) is 0 Å². The lowest BCUT2D eigenvalue weighted by molar-refractivity contribution is 0.785. The van der Waals surface area contributed by atoms with Crippen molar-refractivity contribution in [3.05, 3.63) is 0 Å². The first-order valence-electron chi connectivity index (χ1n) is 4.95. The Hall–Kier alpha value is 1.46. The first-order chi connectivity index (χ1) is 5.83. The van der Waals surface area contributed by atoms with Crippen LogP contribution >= 0.6 is 45.2 Å². The second-order valence-electron chi connectivity index (χ2n) is 2.79. The van der Waals surface area contributed by atoms with Crippen molar-refractivity contribution in [2.45, 2.75) is 52.4 Å². The van der Waals surface area contributed by atoms with E-state index in [2.05, 4.69) is 59.0 Å². The van der Waals surface area contributed by atoms with Crippen molar-refractivity contribution in [3.63, 3.8) is 0 Å². The van der Waals surface area contributed by atoms with Crippen LogP contribution in [-0.4, -0.2) is 8.86 Å². The van der Waals surface area contributed by atoms with Crippen molar-refractivity contribution < 1.29 is 0 Å². The molecular weight excluding hydrogens is 374 g/mol. The summed E-state index contributed by atoms with van der Waals surface area (Å²) in [4.78, 5) is 0. The average Bonchev–Trinajstić information content (AvgIpc) is 2.12. The van der Waals surface area contributed by atoms with E-state index in [-0.39, 0.29) is 0 Å². The second kappa shape index (κ2) is 18.3. The van der Waals surface area contributed by atoms with Crippen molar-refractivity contribution >= 4 is 45.2 Å². The molecule has 2 heteroatoms. The van der Waals surface area contributed by atoms with Gasteiger partial charge < -0.3 is 0 Å². The van der Waals surface area contributed by atoms with Gasteiger partial charge in [0.15, 0.2) is 0 Å². The maximum Gasteiger partial charge on any atom is -0.000473 e. The van der Waals surface area contributed by atoms with Crippen LogP contribution in [0.4, 0.5) is 0 Å². The minimum absolute atomic E-state index is 1.32. The molecule has 0 N–H and O–H groups in total. The van der Waals surface area contributed by atoms with E-state index in [0.29, 0.717) is 0 Å². The molecule has 76 valence electrons. The third-order valence-electron chi connectivity index (χ3n) is 1.47. The molecular formula is C10H22I2. The topological polar surface area (TPSA) is 0 Å². The molecule has 0 spiro atoms. The molecule has 0 aliphatic carbocycles. The number of hydrogen-bond acceptors (Lipinski definition) is 0. The second-order valence-corrected chi connectivity index (χ2v) is 4.95. The lowest BCUT2D eigenvalue weighted by atomic mass is 10.3. The van der Waals surface area contributed by atoms with Crippen molar-refractivity contribution in [2.24, 2.45) is 0 Å². The molecule has 0 saturated carbocycles. The zero-order valence-corrected chi connectivity index (χ0v) is 12.7. The fourth-order valence-corrected chi connectivity index (χ4v) is 1.77. The van der Waals surface area contributed by atoms with E-state index in [1.807, 2.05) is 0 Å². The Morgan fingerprint density at radius 2 is 1.00 bits per heavy atom. The molecule has 0 radical (unpaired) electrons. The standard InChI is InChI=1S/2C5H11I/c2*1-2-3-4-5-6/h2*2-5H2,1H3. The van der Waals surface area contributed by atoms with Crippen LogP contribution in [0.3, 0.4) is 0 Å². The molecule has 0 aliphatic rings. The van der Waals surface area contributed by atoms with Crippen LogP contribution in [0.5, 0.6) is 0 Å². The van der Waals surface area contributed by atoms with Gasteiger partial charge in [0.1, 0.15) is 0 Å². The number of hydrogen-bond donors (Lipinski definition) is 0. The lowest BCUT2D eigenvalue weighted by Crippen LogP contribution is -1.70. The number of halogens is 2. The molecule has 0 saturated heterocycles. The largest absolute Gasteiger partial charge is 0.0864 e. The Labute approximate surface area is 106 Å². The van der Waals surface area contributed by atoms with Crippen LogP contribution in [0.25, 0.3) is 0 Å². The molecule has 0 amide bonds. The van der Waals surface area contributed by atoms with Gasteiger partial charge in [-0.1, -0.05) is 84.7 Å². The number of rotatable bonds is 6. The third-order valence-corrected chi connectivity index (χ3v) is 3.00. The molecule has 0 aliphatic heterocycles. The smallest absolute Gasteiger partial charge is 0.000473 e. The lowest BCUT2D eigenvalue weighted by Gasteiger charge is -1.85. The molecule has 0 fully saturated rings. The highest BCUT2D eigenvalue weighted by Gasteiger charge is 1.77. The van der Waals surface area contributed by atoms with E-state index in [9.17, 15) is 0 Å². The highest BCUT2D eigenvalue weighted by molar-refractivity contribution is 14.1. The first-order valence-corrected chi connectivity index (χ1v) is 8.00. The van der Waals surface area contributed by atoms with Gasteiger partial charge in [-0.2, -0.15) is 0 Å². The van der Waals surface area contributed by atoms with Gasteiger partial charge in [0.2, 0.25) is 0 Å². The third kappa shape index (κ3) is 22.5. The Balaban J connectivity index is 0. The summed E-state index contributed by atoms with van der Waals surface area (Å²) in [5.41, 5.74) is 0. The summed E-state index contributed by atoms with van der Waals surface area (Å²) >= 11 is 4.82. The van der Waals surface area contributed by atoms with E-state index >= 15 is 0 Å². The normalized spacial score (nSPS) is 9.00. The summed E-state index contributed by atoms with van der Waals surface area (Å²) in [5.74, 6) is 0. The van der Waals surface area contributed by atoms with Gasteiger partial charge in [-0.05, 0) is 21.7 Å². The van der Waals surface area contributed by atoms with Gasteiger partial charge in [0.25, 0.3) is 0 Å². The summed E-state index contributed by atoms with van der Waals surface area (Å²) in [7, 11) is 0. The van der Waals surface area contributed by atoms with E-state index in [1.54, 1.807) is 0 Å². The maximum atomic E-state index is 2.41. The van der Waals surface area contributed by atoms with E-state index < -0.39 is 0 Å². The number of unbranched alkanes of at least 4 members (excludes halogenated alkanes) is 4. The molecule has 0 bridgehead atoms. The summed E-state index contributed by atoms with van der Waals surface area (Å²) in [6, 6.07) is 0. The van der Waals surface area contributed by atoms with E-state index in [1.165, 1.54) is 47.4 Å². The first kappa shape index (κ1) is 15.9. The molecule has 12 heavy (non-hydrogen) atoms. The highest BCUT2D eigenvalue weighted by atomic mass is 127. The van der Waals surface area contributed by atoms with Crippen LogP contribution in [0.1, 0.15) is 52.4 Å². The van der Waals surface area contributed by atoms with Gasteiger partial charge in [-0.3, -0.25) is 0 Å². The zero-order chi connectivity index (χ0) is 9.66. The molecule has 0 rings (SSSR count). The van der Waals surface area contributed by atoms with E-state index in [0.717, 1.165) is 0 Å². The average molecular weight is 396 g/mol. The van der Waals surface area contributed by atoms with Crippen LogP contribution in [0.2, 0.25) is 0 Å². The SMILES string of the molecule is CCCCCI.CCCCCI. The Morgan fingerprint density at radius 1 is 0.667 bits per heavy atom. The molecule has 0 aromatic heterocycles. The number of alkyl halides is 2. The van der Waals surface area contributed by atoms with Crippen molar-refractivity contribution in [2.75, 3.05) is 8.86 Å². The fourth-order valence-electron chi connectivity index (χ4n) is 0.689. The van der Waals surface area contributed by atoms with Crippen LogP contribution < -0.4 is 0 Å². The fraction of sp³-hybridized carbons (Fsp3) is 1.00. The molecule has 0 aromatic rings. The van der Waals surface area contributed by atoms with Crippen LogP contribution in [-0.2, 0) is 0 Å². The van der Waals surface area contributed by atoms with Crippen molar-refractivity contribution in [3.8, 4) is 0 Å². The predicted molar refractivity (Wildman–Crippen MR) is 76.8 cm³/mol. The van der Waals surface area contributed by atoms with Crippen molar-refractivity contribution in [1.82, 2.24) is 0 Å². The Morgan fingerprint density at radius 3 is 1.08 bits per heavy atom. The molecule has 0 unspecified atom stereocenters. The van der Waals surface area contributed by atoms with E-state index in [4.69, 9.17) is 0 Å². The van der Waals surface area contributed by atoms with Crippen LogP contribution in [0, 0.1) is 0 Å². The quantitative estimate of drug-likeness (QED) is 0.328. The van der Waals surface area contributed by atoms with Gasteiger partial charge >= 0.3 is 0 Å². The van der Waals surface area contributed by atoms with Crippen molar-refractivity contribution in [1.29, 1.82) is 0 Å². The summed E-state index contributed by atoms with van der Waals surface area (Å²) in [5, 5.41) is 0.